The van der Waals surface area contributed by atoms with Gasteiger partial charge in [-0.05, 0) is 30.5 Å². The van der Waals surface area contributed by atoms with Crippen molar-refractivity contribution in [3.05, 3.63) is 35.9 Å². The van der Waals surface area contributed by atoms with Gasteiger partial charge in [0.05, 0.1) is 5.52 Å². The third kappa shape index (κ3) is 3.68. The second-order valence-corrected chi connectivity index (χ2v) is 5.78. The number of benzene rings is 1. The third-order valence-electron chi connectivity index (χ3n) is 4.27. The lowest BCUT2D eigenvalue weighted by Crippen LogP contribution is -2.29. The van der Waals surface area contributed by atoms with Gasteiger partial charge in [-0.15, -0.1) is 11.6 Å². The van der Waals surface area contributed by atoms with E-state index in [0.29, 0.717) is 5.88 Å². The zero-order chi connectivity index (χ0) is 15.2. The summed E-state index contributed by atoms with van der Waals surface area (Å²) in [7, 11) is 0. The molecule has 0 amide bonds. The number of anilines is 1. The van der Waals surface area contributed by atoms with E-state index in [2.05, 4.69) is 43.9 Å². The molecule has 2 aromatic rings. The summed E-state index contributed by atoms with van der Waals surface area (Å²) < 4.78 is 0. The van der Waals surface area contributed by atoms with E-state index in [-0.39, 0.29) is 0 Å². The van der Waals surface area contributed by atoms with Gasteiger partial charge in [0, 0.05) is 24.4 Å². The van der Waals surface area contributed by atoms with Crippen LogP contribution in [0, 0.1) is 5.92 Å². The summed E-state index contributed by atoms with van der Waals surface area (Å²) >= 11 is 6.14. The van der Waals surface area contributed by atoms with Crippen molar-refractivity contribution in [1.82, 2.24) is 4.98 Å². The highest BCUT2D eigenvalue weighted by molar-refractivity contribution is 6.18. The zero-order valence-electron chi connectivity index (χ0n) is 13.3. The molecule has 2 rings (SSSR count). The molecule has 0 fully saturated rings. The number of halogens is 1. The van der Waals surface area contributed by atoms with E-state index < -0.39 is 0 Å². The van der Waals surface area contributed by atoms with Crippen LogP contribution in [0.15, 0.2) is 30.3 Å². The Bertz CT molecular complexity index is 578. The predicted octanol–water partition coefficient (Wildman–Crippen LogP) is 5.24. The molecule has 0 atom stereocenters. The van der Waals surface area contributed by atoms with Gasteiger partial charge < -0.3 is 4.90 Å². The van der Waals surface area contributed by atoms with Crippen LogP contribution in [0.5, 0.6) is 0 Å². The van der Waals surface area contributed by atoms with E-state index >= 15 is 0 Å². The van der Waals surface area contributed by atoms with Gasteiger partial charge >= 0.3 is 0 Å². The Morgan fingerprint density at radius 3 is 2.48 bits per heavy atom. The molecule has 1 aromatic carbocycles. The summed E-state index contributed by atoms with van der Waals surface area (Å²) in [5.74, 6) is 2.30. The fourth-order valence-corrected chi connectivity index (χ4v) is 2.97. The number of fused-ring (bicyclic) bond motifs is 1. The van der Waals surface area contributed by atoms with Gasteiger partial charge in [0.25, 0.3) is 0 Å². The lowest BCUT2D eigenvalue weighted by Gasteiger charge is -2.27. The first-order valence-electron chi connectivity index (χ1n) is 7.92. The first kappa shape index (κ1) is 16.1. The maximum Gasteiger partial charge on any atom is 0.129 e. The molecule has 0 bridgehead atoms. The molecule has 3 heteroatoms. The minimum Gasteiger partial charge on any atom is -0.357 e. The molecule has 0 aliphatic heterocycles. The van der Waals surface area contributed by atoms with Crippen molar-refractivity contribution in [2.75, 3.05) is 18.0 Å². The second-order valence-electron chi connectivity index (χ2n) is 5.51. The molecule has 0 saturated carbocycles. The van der Waals surface area contributed by atoms with Crippen LogP contribution in [0.1, 0.15) is 39.2 Å². The van der Waals surface area contributed by atoms with E-state index in [0.717, 1.165) is 35.7 Å². The van der Waals surface area contributed by atoms with Crippen molar-refractivity contribution in [2.45, 2.75) is 39.5 Å². The molecule has 21 heavy (non-hydrogen) atoms. The van der Waals surface area contributed by atoms with Crippen molar-refractivity contribution < 1.29 is 0 Å². The number of hydrogen-bond donors (Lipinski definition) is 0. The Morgan fingerprint density at radius 2 is 1.86 bits per heavy atom. The van der Waals surface area contributed by atoms with E-state index in [1.54, 1.807) is 0 Å². The number of alkyl halides is 1. The van der Waals surface area contributed by atoms with Crippen LogP contribution in [0.3, 0.4) is 0 Å². The summed E-state index contributed by atoms with van der Waals surface area (Å²) in [6, 6.07) is 10.4. The van der Waals surface area contributed by atoms with Crippen LogP contribution in [-0.2, 0) is 5.88 Å². The van der Waals surface area contributed by atoms with Gasteiger partial charge in [-0.3, -0.25) is 0 Å². The van der Waals surface area contributed by atoms with Crippen LogP contribution in [0.2, 0.25) is 0 Å². The first-order valence-corrected chi connectivity index (χ1v) is 8.46. The number of hydrogen-bond acceptors (Lipinski definition) is 2. The quantitative estimate of drug-likeness (QED) is 0.651. The molecule has 0 radical (unpaired) electrons. The number of rotatable bonds is 7. The van der Waals surface area contributed by atoms with Crippen LogP contribution in [-0.4, -0.2) is 18.1 Å². The Kier molecular flexibility index (Phi) is 5.86. The third-order valence-corrected chi connectivity index (χ3v) is 4.56. The Labute approximate surface area is 133 Å². The highest BCUT2D eigenvalue weighted by Gasteiger charge is 2.14. The van der Waals surface area contributed by atoms with Crippen molar-refractivity contribution in [1.29, 1.82) is 0 Å². The minimum absolute atomic E-state index is 0.526. The average Bonchev–Trinajstić information content (AvgIpc) is 2.55. The molecule has 1 heterocycles. The zero-order valence-corrected chi connectivity index (χ0v) is 14.0. The first-order chi connectivity index (χ1) is 10.2. The highest BCUT2D eigenvalue weighted by Crippen LogP contribution is 2.25. The Morgan fingerprint density at radius 1 is 1.14 bits per heavy atom. The standard InChI is InChI=1S/C18H25ClN2/c1-4-14(5-2)13-21(6-3)18-11-15(12-19)16-9-7-8-10-17(16)20-18/h7-11,14H,4-6,12-13H2,1-3H3. The molecule has 0 saturated heterocycles. The van der Waals surface area contributed by atoms with Gasteiger partial charge in [-0.2, -0.15) is 0 Å². The summed E-state index contributed by atoms with van der Waals surface area (Å²) in [4.78, 5) is 7.22. The summed E-state index contributed by atoms with van der Waals surface area (Å²) in [6.07, 6.45) is 2.42. The number of aromatic nitrogens is 1. The summed E-state index contributed by atoms with van der Waals surface area (Å²) in [5, 5.41) is 1.16. The van der Waals surface area contributed by atoms with Gasteiger partial charge in [0.2, 0.25) is 0 Å². The van der Waals surface area contributed by atoms with Crippen molar-refractivity contribution in [3.63, 3.8) is 0 Å². The molecule has 114 valence electrons. The monoisotopic (exact) mass is 304 g/mol. The number of pyridine rings is 1. The molecular weight excluding hydrogens is 280 g/mol. The van der Waals surface area contributed by atoms with Crippen molar-refractivity contribution in [3.8, 4) is 0 Å². The summed E-state index contributed by atoms with van der Waals surface area (Å²) in [5.41, 5.74) is 2.20. The molecular formula is C18H25ClN2. The van der Waals surface area contributed by atoms with Gasteiger partial charge in [-0.25, -0.2) is 4.98 Å². The minimum atomic E-state index is 0.526. The number of para-hydroxylation sites is 1. The Balaban J connectivity index is 2.39. The maximum absolute atomic E-state index is 6.14. The largest absolute Gasteiger partial charge is 0.357 e. The van der Waals surface area contributed by atoms with Gasteiger partial charge in [0.1, 0.15) is 5.82 Å². The fourth-order valence-electron chi connectivity index (χ4n) is 2.75. The lowest BCUT2D eigenvalue weighted by molar-refractivity contribution is 0.484. The van der Waals surface area contributed by atoms with Crippen LogP contribution >= 0.6 is 11.6 Å². The molecule has 1 aromatic heterocycles. The average molecular weight is 305 g/mol. The van der Waals surface area contributed by atoms with E-state index in [1.807, 2.05) is 12.1 Å². The van der Waals surface area contributed by atoms with Crippen molar-refractivity contribution in [2.24, 2.45) is 5.92 Å². The molecule has 0 spiro atoms. The van der Waals surface area contributed by atoms with Crippen LogP contribution in [0.25, 0.3) is 10.9 Å². The lowest BCUT2D eigenvalue weighted by atomic mass is 10.0. The SMILES string of the molecule is CCC(CC)CN(CC)c1cc(CCl)c2ccccc2n1. The molecule has 0 N–H and O–H groups in total. The van der Waals surface area contributed by atoms with E-state index in [9.17, 15) is 0 Å². The van der Waals surface area contributed by atoms with E-state index in [1.165, 1.54) is 18.4 Å². The highest BCUT2D eigenvalue weighted by atomic mass is 35.5. The topological polar surface area (TPSA) is 16.1 Å². The second kappa shape index (κ2) is 7.65. The van der Waals surface area contributed by atoms with E-state index in [4.69, 9.17) is 16.6 Å². The van der Waals surface area contributed by atoms with Gasteiger partial charge in [0.15, 0.2) is 0 Å². The smallest absolute Gasteiger partial charge is 0.129 e. The Hall–Kier alpha value is -1.28. The fraction of sp³-hybridized carbons (Fsp3) is 0.500. The van der Waals surface area contributed by atoms with Crippen LogP contribution < -0.4 is 4.90 Å². The van der Waals surface area contributed by atoms with Crippen LogP contribution in [0.4, 0.5) is 5.82 Å². The van der Waals surface area contributed by atoms with Gasteiger partial charge in [-0.1, -0.05) is 44.9 Å². The normalized spacial score (nSPS) is 11.3. The maximum atomic E-state index is 6.14. The summed E-state index contributed by atoms with van der Waals surface area (Å²) in [6.45, 7) is 8.76. The molecule has 0 aliphatic carbocycles. The molecule has 0 aliphatic rings. The van der Waals surface area contributed by atoms with Crippen molar-refractivity contribution >= 4 is 28.3 Å². The predicted molar refractivity (Wildman–Crippen MR) is 93.3 cm³/mol. The number of nitrogens with zero attached hydrogens (tertiary/aromatic N) is 2. The molecule has 2 nitrogen and oxygen atoms in total. The molecule has 0 unspecified atom stereocenters.